The predicted octanol–water partition coefficient (Wildman–Crippen LogP) is 2.55. The summed E-state index contributed by atoms with van der Waals surface area (Å²) in [4.78, 5) is 36.1. The Morgan fingerprint density at radius 2 is 1.02 bits per heavy atom. The van der Waals surface area contributed by atoms with Crippen molar-refractivity contribution in [1.29, 1.82) is 0 Å². The van der Waals surface area contributed by atoms with Crippen LogP contribution in [0.25, 0.3) is 11.1 Å². The molecular weight excluding hydrogens is 584 g/mol. The van der Waals surface area contributed by atoms with E-state index in [0.29, 0.717) is 79.2 Å². The molecule has 0 spiro atoms. The number of amides is 3. The molecule has 0 unspecified atom stereocenters. The Labute approximate surface area is 263 Å². The largest absolute Gasteiger partial charge is 0.449 e. The predicted molar refractivity (Wildman–Crippen MR) is 164 cm³/mol. The number of benzene rings is 2. The van der Waals surface area contributed by atoms with Crippen molar-refractivity contribution in [3.8, 4) is 11.1 Å². The average Bonchev–Trinajstić information content (AvgIpc) is 3.56. The molecule has 0 bridgehead atoms. The second-order valence-electron chi connectivity index (χ2n) is 10.1. The number of ether oxygens (including phenoxy) is 7. The van der Waals surface area contributed by atoms with Gasteiger partial charge in [-0.1, -0.05) is 48.5 Å². The van der Waals surface area contributed by atoms with Crippen molar-refractivity contribution in [3.63, 3.8) is 0 Å². The molecule has 2 aromatic rings. The molecule has 0 radical (unpaired) electrons. The van der Waals surface area contributed by atoms with Crippen LogP contribution in [0.15, 0.2) is 60.7 Å². The van der Waals surface area contributed by atoms with Crippen LogP contribution in [0.2, 0.25) is 0 Å². The van der Waals surface area contributed by atoms with Gasteiger partial charge >= 0.3 is 6.09 Å². The Bertz CT molecular complexity index is 1190. The number of rotatable bonds is 23. The van der Waals surface area contributed by atoms with Crippen molar-refractivity contribution in [2.24, 2.45) is 0 Å². The fourth-order valence-corrected chi connectivity index (χ4v) is 4.88. The highest BCUT2D eigenvalue weighted by Gasteiger charge is 2.29. The summed E-state index contributed by atoms with van der Waals surface area (Å²) < 4.78 is 38.2. The van der Waals surface area contributed by atoms with Gasteiger partial charge in [0.2, 0.25) is 0 Å². The number of hydrogen-bond acceptors (Lipinski definition) is 10. The first kappa shape index (κ1) is 34.2. The summed E-state index contributed by atoms with van der Waals surface area (Å²) in [6.45, 7) is 5.78. The molecule has 12 heteroatoms. The van der Waals surface area contributed by atoms with Crippen molar-refractivity contribution < 1.29 is 47.5 Å². The third-order valence-corrected chi connectivity index (χ3v) is 7.08. The van der Waals surface area contributed by atoms with E-state index in [-0.39, 0.29) is 37.5 Å². The van der Waals surface area contributed by atoms with Gasteiger partial charge in [-0.25, -0.2) is 4.79 Å². The van der Waals surface area contributed by atoms with Gasteiger partial charge in [-0.2, -0.15) is 0 Å². The van der Waals surface area contributed by atoms with E-state index in [9.17, 15) is 14.4 Å². The molecule has 0 saturated carbocycles. The van der Waals surface area contributed by atoms with Gasteiger partial charge in [0.25, 0.3) is 11.8 Å². The summed E-state index contributed by atoms with van der Waals surface area (Å²) in [6.07, 6.45) is 2.04. The van der Waals surface area contributed by atoms with Gasteiger partial charge in [0.15, 0.2) is 0 Å². The van der Waals surface area contributed by atoms with Crippen molar-refractivity contribution in [2.75, 3.05) is 99.0 Å². The second-order valence-corrected chi connectivity index (χ2v) is 10.1. The lowest BCUT2D eigenvalue weighted by Gasteiger charge is -2.14. The van der Waals surface area contributed by atoms with Gasteiger partial charge in [0.05, 0.1) is 85.8 Å². The second kappa shape index (κ2) is 19.7. The molecule has 2 aromatic carbocycles. The van der Waals surface area contributed by atoms with Crippen LogP contribution >= 0.6 is 0 Å². The van der Waals surface area contributed by atoms with Gasteiger partial charge in [0.1, 0.15) is 6.61 Å². The number of carbonyl (C=O) groups is 3. The summed E-state index contributed by atoms with van der Waals surface area (Å²) in [5.74, 6) is -0.589. The molecule has 1 aliphatic carbocycles. The van der Waals surface area contributed by atoms with Gasteiger partial charge in [-0.3, -0.25) is 14.5 Å². The molecule has 0 aromatic heterocycles. The van der Waals surface area contributed by atoms with Crippen LogP contribution in [0.3, 0.4) is 0 Å². The Balaban J connectivity index is 0.866. The minimum Gasteiger partial charge on any atom is -0.449 e. The summed E-state index contributed by atoms with van der Waals surface area (Å²) in [5, 5.41) is 2.73. The highest BCUT2D eigenvalue weighted by molar-refractivity contribution is 6.12. The maximum Gasteiger partial charge on any atom is 0.407 e. The SMILES string of the molecule is O=C(NCCOCCOCCOCCOCCOCCOCCN1C(=O)C=CC1=O)OCC1c2ccccc2-c2ccccc21. The zero-order chi connectivity index (χ0) is 31.5. The van der Waals surface area contributed by atoms with E-state index in [4.69, 9.17) is 33.2 Å². The fraction of sp³-hybridized carbons (Fsp3) is 0.485. The lowest BCUT2D eigenvalue weighted by atomic mass is 9.98. The van der Waals surface area contributed by atoms with E-state index in [0.717, 1.165) is 4.90 Å². The molecule has 3 amide bonds. The number of carbonyl (C=O) groups excluding carboxylic acids is 3. The minimum atomic E-state index is -0.460. The molecule has 1 heterocycles. The van der Waals surface area contributed by atoms with Gasteiger partial charge in [-0.05, 0) is 22.3 Å². The molecule has 2 aliphatic rings. The number of nitrogens with zero attached hydrogens (tertiary/aromatic N) is 1. The summed E-state index contributed by atoms with van der Waals surface area (Å²) in [7, 11) is 0. The van der Waals surface area contributed by atoms with Crippen molar-refractivity contribution in [1.82, 2.24) is 10.2 Å². The van der Waals surface area contributed by atoms with Crippen LogP contribution in [-0.4, -0.2) is 122 Å². The molecule has 0 saturated heterocycles. The molecule has 0 fully saturated rings. The summed E-state index contributed by atoms with van der Waals surface area (Å²) in [6, 6.07) is 16.5. The van der Waals surface area contributed by atoms with Crippen molar-refractivity contribution >= 4 is 17.9 Å². The van der Waals surface area contributed by atoms with Crippen LogP contribution in [0.5, 0.6) is 0 Å². The van der Waals surface area contributed by atoms with Crippen LogP contribution < -0.4 is 5.32 Å². The molecular formula is C33H42N2O10. The standard InChI is InChI=1S/C33H42N2O10/c36-31-9-10-32(37)35(31)12-14-40-16-18-42-20-22-44-24-23-43-21-19-41-17-15-39-13-11-34-33(38)45-25-30-28-7-3-1-5-26(28)27-6-2-4-8-29(27)30/h1-10,30H,11-25H2,(H,34,38). The van der Waals surface area contributed by atoms with Gasteiger partial charge in [-0.15, -0.1) is 0 Å². The molecule has 1 N–H and O–H groups in total. The fourth-order valence-electron chi connectivity index (χ4n) is 4.88. The molecule has 244 valence electrons. The molecule has 12 nitrogen and oxygen atoms in total. The number of fused-ring (bicyclic) bond motifs is 3. The molecule has 4 rings (SSSR count). The maximum atomic E-state index is 12.2. The van der Waals surface area contributed by atoms with E-state index in [2.05, 4.69) is 29.6 Å². The first-order chi connectivity index (χ1) is 22.1. The Morgan fingerprint density at radius 3 is 1.51 bits per heavy atom. The maximum absolute atomic E-state index is 12.2. The van der Waals surface area contributed by atoms with Crippen LogP contribution in [0, 0.1) is 0 Å². The molecule has 0 atom stereocenters. The van der Waals surface area contributed by atoms with Crippen LogP contribution in [-0.2, 0) is 42.7 Å². The Kier molecular flexibility index (Phi) is 15.0. The first-order valence-corrected chi connectivity index (χ1v) is 15.2. The van der Waals surface area contributed by atoms with Gasteiger partial charge < -0.3 is 38.5 Å². The third kappa shape index (κ3) is 11.3. The normalized spacial score (nSPS) is 13.8. The number of alkyl carbamates (subject to hydrolysis) is 1. The van der Waals surface area contributed by atoms with E-state index < -0.39 is 6.09 Å². The number of nitrogens with one attached hydrogen (secondary N) is 1. The van der Waals surface area contributed by atoms with E-state index in [1.165, 1.54) is 34.4 Å². The number of imide groups is 1. The van der Waals surface area contributed by atoms with E-state index >= 15 is 0 Å². The summed E-state index contributed by atoms with van der Waals surface area (Å²) >= 11 is 0. The first-order valence-electron chi connectivity index (χ1n) is 15.2. The van der Waals surface area contributed by atoms with Crippen molar-refractivity contribution in [3.05, 3.63) is 71.8 Å². The van der Waals surface area contributed by atoms with E-state index in [1.807, 2.05) is 24.3 Å². The Hall–Kier alpha value is -3.65. The molecule has 45 heavy (non-hydrogen) atoms. The number of hydrogen-bond donors (Lipinski definition) is 1. The van der Waals surface area contributed by atoms with E-state index in [1.54, 1.807) is 0 Å². The minimum absolute atomic E-state index is 0.0324. The van der Waals surface area contributed by atoms with Gasteiger partial charge in [0, 0.05) is 24.6 Å². The lowest BCUT2D eigenvalue weighted by Crippen LogP contribution is -2.33. The van der Waals surface area contributed by atoms with Crippen LogP contribution in [0.4, 0.5) is 4.79 Å². The summed E-state index contributed by atoms with van der Waals surface area (Å²) in [5.41, 5.74) is 4.75. The highest BCUT2D eigenvalue weighted by Crippen LogP contribution is 2.44. The lowest BCUT2D eigenvalue weighted by molar-refractivity contribution is -0.137. The zero-order valence-corrected chi connectivity index (χ0v) is 25.5. The third-order valence-electron chi connectivity index (χ3n) is 7.08. The molecule has 1 aliphatic heterocycles. The zero-order valence-electron chi connectivity index (χ0n) is 25.5. The smallest absolute Gasteiger partial charge is 0.407 e. The average molecular weight is 627 g/mol. The quantitative estimate of drug-likeness (QED) is 0.145. The topological polar surface area (TPSA) is 131 Å². The van der Waals surface area contributed by atoms with Crippen LogP contribution in [0.1, 0.15) is 17.0 Å². The monoisotopic (exact) mass is 626 g/mol. The highest BCUT2D eigenvalue weighted by atomic mass is 16.6. The van der Waals surface area contributed by atoms with Crippen molar-refractivity contribution in [2.45, 2.75) is 5.92 Å². The Morgan fingerprint density at radius 1 is 0.600 bits per heavy atom.